The molecule has 3 rings (SSSR count). The Labute approximate surface area is 101 Å². The molecule has 1 saturated heterocycles. The molecule has 0 radical (unpaired) electrons. The quantitative estimate of drug-likeness (QED) is 0.817. The van der Waals surface area contributed by atoms with Gasteiger partial charge in [0.15, 0.2) is 0 Å². The molecule has 2 heterocycles. The van der Waals surface area contributed by atoms with Crippen LogP contribution in [-0.2, 0) is 4.74 Å². The zero-order chi connectivity index (χ0) is 12.0. The minimum Gasteiger partial charge on any atom is -0.374 e. The van der Waals surface area contributed by atoms with Crippen LogP contribution < -0.4 is 0 Å². The third kappa shape index (κ3) is 1.65. The second-order valence-electron chi connectivity index (χ2n) is 5.07. The number of imidazole rings is 1. The highest BCUT2D eigenvalue weighted by atomic mass is 16.5. The Hall–Kier alpha value is -1.35. The molecule has 90 valence electrons. The number of para-hydroxylation sites is 2. The topological polar surface area (TPSA) is 37.9 Å². The number of hydrogen-bond donors (Lipinski definition) is 1. The van der Waals surface area contributed by atoms with Gasteiger partial charge in [0.05, 0.1) is 23.2 Å². The van der Waals surface area contributed by atoms with E-state index in [2.05, 4.69) is 31.8 Å². The van der Waals surface area contributed by atoms with E-state index in [4.69, 9.17) is 9.72 Å². The summed E-state index contributed by atoms with van der Waals surface area (Å²) < 4.78 is 5.88. The summed E-state index contributed by atoms with van der Waals surface area (Å²) >= 11 is 0. The standard InChI is InChI=1S/C14H18N2O/c1-8-9(2)17-10(3)13(8)14-15-11-6-4-5-7-12(11)16-14/h4-10,13H,1-3H3,(H,15,16). The Morgan fingerprint density at radius 3 is 2.53 bits per heavy atom. The summed E-state index contributed by atoms with van der Waals surface area (Å²) in [7, 11) is 0. The van der Waals surface area contributed by atoms with Crippen LogP contribution in [0.2, 0.25) is 0 Å². The van der Waals surface area contributed by atoms with Crippen LogP contribution in [0.4, 0.5) is 0 Å². The van der Waals surface area contributed by atoms with Crippen LogP contribution in [0.5, 0.6) is 0 Å². The van der Waals surface area contributed by atoms with Crippen LogP contribution in [-0.4, -0.2) is 22.2 Å². The molecule has 4 atom stereocenters. The number of nitrogens with one attached hydrogen (secondary N) is 1. The molecular formula is C14H18N2O. The zero-order valence-corrected chi connectivity index (χ0v) is 10.5. The third-order valence-electron chi connectivity index (χ3n) is 3.97. The summed E-state index contributed by atoms with van der Waals surface area (Å²) in [5, 5.41) is 0. The first-order valence-electron chi connectivity index (χ1n) is 6.27. The number of fused-ring (bicyclic) bond motifs is 1. The molecule has 1 aliphatic rings. The highest BCUT2D eigenvalue weighted by Gasteiger charge is 2.39. The van der Waals surface area contributed by atoms with Gasteiger partial charge in [-0.25, -0.2) is 4.98 Å². The van der Waals surface area contributed by atoms with Gasteiger partial charge in [-0.1, -0.05) is 19.1 Å². The van der Waals surface area contributed by atoms with Crippen LogP contribution in [0.25, 0.3) is 11.0 Å². The molecule has 17 heavy (non-hydrogen) atoms. The molecule has 1 aliphatic heterocycles. The second-order valence-corrected chi connectivity index (χ2v) is 5.07. The Balaban J connectivity index is 2.03. The SMILES string of the molecule is CC1OC(C)C(c2nc3ccccc3[nH]2)C1C. The summed E-state index contributed by atoms with van der Waals surface area (Å²) in [5.41, 5.74) is 2.16. The Morgan fingerprint density at radius 2 is 1.88 bits per heavy atom. The molecule has 0 saturated carbocycles. The van der Waals surface area contributed by atoms with E-state index in [1.54, 1.807) is 0 Å². The van der Waals surface area contributed by atoms with Crippen molar-refractivity contribution in [2.75, 3.05) is 0 Å². The first kappa shape index (κ1) is 10.8. The maximum absolute atomic E-state index is 5.88. The summed E-state index contributed by atoms with van der Waals surface area (Å²) in [6.45, 7) is 6.52. The first-order chi connectivity index (χ1) is 8.16. The number of ether oxygens (including phenoxy) is 1. The van der Waals surface area contributed by atoms with E-state index in [0.29, 0.717) is 17.9 Å². The van der Waals surface area contributed by atoms with E-state index in [9.17, 15) is 0 Å². The molecule has 3 heteroatoms. The molecule has 0 amide bonds. The Morgan fingerprint density at radius 1 is 1.12 bits per heavy atom. The predicted octanol–water partition coefficient (Wildman–Crippen LogP) is 3.09. The first-order valence-corrected chi connectivity index (χ1v) is 6.27. The average molecular weight is 230 g/mol. The fourth-order valence-electron chi connectivity index (χ4n) is 2.87. The lowest BCUT2D eigenvalue weighted by molar-refractivity contribution is 0.0554. The molecule has 0 spiro atoms. The van der Waals surface area contributed by atoms with E-state index >= 15 is 0 Å². The average Bonchev–Trinajstić information content (AvgIpc) is 2.81. The van der Waals surface area contributed by atoms with Crippen LogP contribution in [0.15, 0.2) is 24.3 Å². The molecule has 1 N–H and O–H groups in total. The van der Waals surface area contributed by atoms with Crippen molar-refractivity contribution in [2.45, 2.75) is 38.9 Å². The maximum atomic E-state index is 5.88. The second kappa shape index (κ2) is 3.84. The van der Waals surface area contributed by atoms with Crippen molar-refractivity contribution < 1.29 is 4.74 Å². The van der Waals surface area contributed by atoms with Gasteiger partial charge < -0.3 is 9.72 Å². The number of nitrogens with zero attached hydrogens (tertiary/aromatic N) is 1. The van der Waals surface area contributed by atoms with Crippen molar-refractivity contribution in [1.29, 1.82) is 0 Å². The van der Waals surface area contributed by atoms with Crippen LogP contribution >= 0.6 is 0 Å². The van der Waals surface area contributed by atoms with Crippen molar-refractivity contribution in [3.63, 3.8) is 0 Å². The third-order valence-corrected chi connectivity index (χ3v) is 3.97. The number of benzene rings is 1. The smallest absolute Gasteiger partial charge is 0.113 e. The van der Waals surface area contributed by atoms with Gasteiger partial charge in [0, 0.05) is 5.92 Å². The van der Waals surface area contributed by atoms with Crippen molar-refractivity contribution in [2.24, 2.45) is 5.92 Å². The predicted molar refractivity (Wildman–Crippen MR) is 68.0 cm³/mol. The van der Waals surface area contributed by atoms with Gasteiger partial charge in [0.2, 0.25) is 0 Å². The van der Waals surface area contributed by atoms with Gasteiger partial charge in [-0.3, -0.25) is 0 Å². The minimum absolute atomic E-state index is 0.237. The van der Waals surface area contributed by atoms with Crippen molar-refractivity contribution in [3.8, 4) is 0 Å². The molecule has 4 unspecified atom stereocenters. The number of aromatic amines is 1. The van der Waals surface area contributed by atoms with Gasteiger partial charge >= 0.3 is 0 Å². The van der Waals surface area contributed by atoms with E-state index in [1.807, 2.05) is 18.2 Å². The lowest BCUT2D eigenvalue weighted by atomic mass is 9.89. The van der Waals surface area contributed by atoms with Crippen LogP contribution in [0, 0.1) is 5.92 Å². The van der Waals surface area contributed by atoms with E-state index in [1.165, 1.54) is 0 Å². The lowest BCUT2D eigenvalue weighted by Crippen LogP contribution is -2.16. The molecule has 1 aromatic carbocycles. The Bertz CT molecular complexity index is 501. The highest BCUT2D eigenvalue weighted by Crippen LogP contribution is 2.38. The number of hydrogen-bond acceptors (Lipinski definition) is 2. The van der Waals surface area contributed by atoms with Gasteiger partial charge in [-0.05, 0) is 31.9 Å². The fourth-order valence-corrected chi connectivity index (χ4v) is 2.87. The Kier molecular flexibility index (Phi) is 2.44. The monoisotopic (exact) mass is 230 g/mol. The van der Waals surface area contributed by atoms with Crippen LogP contribution in [0.3, 0.4) is 0 Å². The van der Waals surface area contributed by atoms with E-state index in [0.717, 1.165) is 16.9 Å². The summed E-state index contributed by atoms with van der Waals surface area (Å²) in [6.07, 6.45) is 0.545. The minimum atomic E-state index is 0.237. The lowest BCUT2D eigenvalue weighted by Gasteiger charge is -2.15. The fraction of sp³-hybridized carbons (Fsp3) is 0.500. The van der Waals surface area contributed by atoms with Crippen molar-refractivity contribution in [3.05, 3.63) is 30.1 Å². The molecule has 3 nitrogen and oxygen atoms in total. The van der Waals surface area contributed by atoms with Gasteiger partial charge in [-0.15, -0.1) is 0 Å². The van der Waals surface area contributed by atoms with E-state index in [-0.39, 0.29) is 6.10 Å². The van der Waals surface area contributed by atoms with Crippen LogP contribution in [0.1, 0.15) is 32.5 Å². The largest absolute Gasteiger partial charge is 0.374 e. The summed E-state index contributed by atoms with van der Waals surface area (Å²) in [4.78, 5) is 8.12. The van der Waals surface area contributed by atoms with Gasteiger partial charge in [0.1, 0.15) is 5.82 Å². The van der Waals surface area contributed by atoms with E-state index < -0.39 is 0 Å². The van der Waals surface area contributed by atoms with Gasteiger partial charge in [0.25, 0.3) is 0 Å². The summed E-state index contributed by atoms with van der Waals surface area (Å²) in [6, 6.07) is 8.17. The molecule has 0 aliphatic carbocycles. The number of rotatable bonds is 1. The molecular weight excluding hydrogens is 212 g/mol. The molecule has 0 bridgehead atoms. The molecule has 2 aromatic rings. The highest BCUT2D eigenvalue weighted by molar-refractivity contribution is 5.74. The normalized spacial score (nSPS) is 33.4. The molecule has 1 aromatic heterocycles. The number of H-pyrrole nitrogens is 1. The van der Waals surface area contributed by atoms with Crippen molar-refractivity contribution >= 4 is 11.0 Å². The maximum Gasteiger partial charge on any atom is 0.113 e. The van der Waals surface area contributed by atoms with Gasteiger partial charge in [-0.2, -0.15) is 0 Å². The molecule has 1 fully saturated rings. The zero-order valence-electron chi connectivity index (χ0n) is 10.5. The summed E-state index contributed by atoms with van der Waals surface area (Å²) in [5.74, 6) is 1.94. The number of aromatic nitrogens is 2. The van der Waals surface area contributed by atoms with Crippen molar-refractivity contribution in [1.82, 2.24) is 9.97 Å².